The maximum absolute atomic E-state index is 13.7. The lowest BCUT2D eigenvalue weighted by Gasteiger charge is -2.43. The summed E-state index contributed by atoms with van der Waals surface area (Å²) in [7, 11) is 2.07. The summed E-state index contributed by atoms with van der Waals surface area (Å²) in [4.78, 5) is 17.9. The van der Waals surface area contributed by atoms with Crippen LogP contribution in [0.5, 0.6) is 0 Å². The highest BCUT2D eigenvalue weighted by Gasteiger charge is 2.49. The van der Waals surface area contributed by atoms with Gasteiger partial charge >= 0.3 is 0 Å². The molecule has 1 fully saturated rings. The minimum absolute atomic E-state index is 0.163. The molecule has 4 nitrogen and oxygen atoms in total. The van der Waals surface area contributed by atoms with Gasteiger partial charge in [-0.25, -0.2) is 0 Å². The number of rotatable bonds is 4. The van der Waals surface area contributed by atoms with Crippen LogP contribution in [0.3, 0.4) is 0 Å². The van der Waals surface area contributed by atoms with Crippen molar-refractivity contribution in [2.45, 2.75) is 43.9 Å². The molecule has 2 aromatic rings. The summed E-state index contributed by atoms with van der Waals surface area (Å²) in [6.07, 6.45) is 2.73. The number of aliphatic hydroxyl groups is 1. The molecule has 1 saturated heterocycles. The predicted molar refractivity (Wildman–Crippen MR) is 106 cm³/mol. The van der Waals surface area contributed by atoms with Gasteiger partial charge in [-0.1, -0.05) is 54.6 Å². The third-order valence-electron chi connectivity index (χ3n) is 6.16. The summed E-state index contributed by atoms with van der Waals surface area (Å²) in [5.41, 5.74) is 3.17. The van der Waals surface area contributed by atoms with Crippen molar-refractivity contribution in [1.82, 2.24) is 9.80 Å². The van der Waals surface area contributed by atoms with Crippen LogP contribution in [0.4, 0.5) is 0 Å². The first kappa shape index (κ1) is 18.2. The van der Waals surface area contributed by atoms with Crippen molar-refractivity contribution >= 4 is 5.91 Å². The summed E-state index contributed by atoms with van der Waals surface area (Å²) in [5.74, 6) is 0.163. The summed E-state index contributed by atoms with van der Waals surface area (Å²) in [5, 5.41) is 10.1. The van der Waals surface area contributed by atoms with Gasteiger partial charge in [-0.15, -0.1) is 0 Å². The van der Waals surface area contributed by atoms with E-state index in [0.29, 0.717) is 6.54 Å². The number of amides is 1. The number of likely N-dealkylation sites (N-methyl/N-ethyl adjacent to an activating group) is 1. The average Bonchev–Trinajstić information content (AvgIpc) is 3.09. The zero-order chi connectivity index (χ0) is 18.9. The quantitative estimate of drug-likeness (QED) is 0.907. The molecular formula is C23H28N2O2. The van der Waals surface area contributed by atoms with E-state index in [0.717, 1.165) is 38.8 Å². The van der Waals surface area contributed by atoms with Crippen LogP contribution < -0.4 is 0 Å². The number of hydrogen-bond donors (Lipinski definition) is 1. The first-order valence-electron chi connectivity index (χ1n) is 9.88. The van der Waals surface area contributed by atoms with E-state index in [9.17, 15) is 9.90 Å². The lowest BCUT2D eigenvalue weighted by atomic mass is 9.90. The number of carbonyl (C=O) groups excluding carboxylic acids is 1. The van der Waals surface area contributed by atoms with E-state index < -0.39 is 11.6 Å². The van der Waals surface area contributed by atoms with Gasteiger partial charge in [0.1, 0.15) is 5.54 Å². The number of benzene rings is 2. The van der Waals surface area contributed by atoms with Crippen LogP contribution in [0.1, 0.15) is 29.5 Å². The van der Waals surface area contributed by atoms with Crippen LogP contribution in [0.25, 0.3) is 0 Å². The van der Waals surface area contributed by atoms with Gasteiger partial charge in [0.05, 0.1) is 6.10 Å². The Kier molecular flexibility index (Phi) is 5.02. The monoisotopic (exact) mass is 364 g/mol. The Labute approximate surface area is 161 Å². The first-order valence-corrected chi connectivity index (χ1v) is 9.88. The zero-order valence-electron chi connectivity index (χ0n) is 16.0. The highest BCUT2D eigenvalue weighted by Crippen LogP contribution is 2.37. The third kappa shape index (κ3) is 3.52. The molecule has 1 N–H and O–H groups in total. The van der Waals surface area contributed by atoms with Crippen LogP contribution in [0, 0.1) is 0 Å². The summed E-state index contributed by atoms with van der Waals surface area (Å²) < 4.78 is 0. The largest absolute Gasteiger partial charge is 0.391 e. The standard InChI is InChI=1S/C23H28N2O2/c1-24(16-18-8-3-2-4-9-18)23(14-19-10-5-6-11-20(19)15-23)22(27)25-13-7-12-21(26)17-25/h2-6,8-11,21,26H,7,12-17H2,1H3/t21-/m0/s1. The summed E-state index contributed by atoms with van der Waals surface area (Å²) >= 11 is 0. The number of likely N-dealkylation sites (tertiary alicyclic amines) is 1. The topological polar surface area (TPSA) is 43.8 Å². The number of piperidine rings is 1. The smallest absolute Gasteiger partial charge is 0.243 e. The molecule has 1 aliphatic carbocycles. The van der Waals surface area contributed by atoms with E-state index >= 15 is 0 Å². The van der Waals surface area contributed by atoms with Gasteiger partial charge < -0.3 is 10.0 Å². The molecule has 2 aromatic carbocycles. The summed E-state index contributed by atoms with van der Waals surface area (Å²) in [6, 6.07) is 18.7. The molecule has 0 bridgehead atoms. The second kappa shape index (κ2) is 7.45. The van der Waals surface area contributed by atoms with Crippen molar-refractivity contribution in [1.29, 1.82) is 0 Å². The van der Waals surface area contributed by atoms with E-state index in [1.807, 2.05) is 23.1 Å². The highest BCUT2D eigenvalue weighted by molar-refractivity contribution is 5.88. The fourth-order valence-corrected chi connectivity index (χ4v) is 4.62. The summed E-state index contributed by atoms with van der Waals surface area (Å²) in [6.45, 7) is 1.93. The molecule has 0 radical (unpaired) electrons. The second-order valence-corrected chi connectivity index (χ2v) is 8.04. The molecule has 0 spiro atoms. The Morgan fingerprint density at radius 3 is 2.37 bits per heavy atom. The predicted octanol–water partition coefficient (Wildman–Crippen LogP) is 2.64. The molecular weight excluding hydrogens is 336 g/mol. The van der Waals surface area contributed by atoms with E-state index in [4.69, 9.17) is 0 Å². The molecule has 1 amide bonds. The normalized spacial score (nSPS) is 21.3. The number of fused-ring (bicyclic) bond motifs is 1. The van der Waals surface area contributed by atoms with Gasteiger partial charge in [-0.05, 0) is 36.6 Å². The van der Waals surface area contributed by atoms with Crippen LogP contribution in [-0.4, -0.2) is 52.6 Å². The van der Waals surface area contributed by atoms with Crippen molar-refractivity contribution in [2.75, 3.05) is 20.1 Å². The Balaban J connectivity index is 1.65. The van der Waals surface area contributed by atoms with Gasteiger partial charge in [-0.2, -0.15) is 0 Å². The molecule has 0 saturated carbocycles. The fraction of sp³-hybridized carbons (Fsp3) is 0.435. The molecule has 27 heavy (non-hydrogen) atoms. The molecule has 4 heteroatoms. The van der Waals surface area contributed by atoms with Gasteiger partial charge in [0.2, 0.25) is 5.91 Å². The SMILES string of the molecule is CN(Cc1ccccc1)C1(C(=O)N2CCC[C@H](O)C2)Cc2ccccc2C1. The van der Waals surface area contributed by atoms with Crippen molar-refractivity contribution in [3.63, 3.8) is 0 Å². The van der Waals surface area contributed by atoms with E-state index in [-0.39, 0.29) is 5.91 Å². The first-order chi connectivity index (χ1) is 13.1. The minimum Gasteiger partial charge on any atom is -0.391 e. The van der Waals surface area contributed by atoms with Crippen LogP contribution in [0.2, 0.25) is 0 Å². The fourth-order valence-electron chi connectivity index (χ4n) is 4.62. The second-order valence-electron chi connectivity index (χ2n) is 8.04. The van der Waals surface area contributed by atoms with Crippen molar-refractivity contribution in [3.05, 3.63) is 71.3 Å². The zero-order valence-corrected chi connectivity index (χ0v) is 16.0. The van der Waals surface area contributed by atoms with Crippen molar-refractivity contribution in [2.24, 2.45) is 0 Å². The molecule has 0 unspecified atom stereocenters. The molecule has 1 heterocycles. The lowest BCUT2D eigenvalue weighted by molar-refractivity contribution is -0.147. The highest BCUT2D eigenvalue weighted by atomic mass is 16.3. The minimum atomic E-state index is -0.573. The maximum atomic E-state index is 13.7. The van der Waals surface area contributed by atoms with E-state index in [1.54, 1.807) is 0 Å². The molecule has 0 aromatic heterocycles. The molecule has 1 atom stereocenters. The van der Waals surface area contributed by atoms with E-state index in [2.05, 4.69) is 48.3 Å². The lowest BCUT2D eigenvalue weighted by Crippen LogP contribution is -2.60. The van der Waals surface area contributed by atoms with Gasteiger partial charge in [0, 0.05) is 32.5 Å². The number of carbonyl (C=O) groups is 1. The number of hydrogen-bond acceptors (Lipinski definition) is 3. The molecule has 2 aliphatic rings. The molecule has 142 valence electrons. The Morgan fingerprint density at radius 1 is 1.11 bits per heavy atom. The van der Waals surface area contributed by atoms with Gasteiger partial charge in [0.15, 0.2) is 0 Å². The Morgan fingerprint density at radius 2 is 1.74 bits per heavy atom. The molecule has 1 aliphatic heterocycles. The van der Waals surface area contributed by atoms with Crippen LogP contribution >= 0.6 is 0 Å². The Hall–Kier alpha value is -2.17. The average molecular weight is 364 g/mol. The number of aliphatic hydroxyl groups excluding tert-OH is 1. The van der Waals surface area contributed by atoms with Gasteiger partial charge in [0.25, 0.3) is 0 Å². The van der Waals surface area contributed by atoms with E-state index in [1.165, 1.54) is 16.7 Å². The van der Waals surface area contributed by atoms with Crippen LogP contribution in [0.15, 0.2) is 54.6 Å². The van der Waals surface area contributed by atoms with Crippen molar-refractivity contribution in [3.8, 4) is 0 Å². The van der Waals surface area contributed by atoms with Crippen molar-refractivity contribution < 1.29 is 9.90 Å². The maximum Gasteiger partial charge on any atom is 0.243 e. The Bertz CT molecular complexity index is 780. The molecule has 4 rings (SSSR count). The number of β-amino-alcohol motifs (C(OH)–C–C–N with tert-alkyl or cyclic N) is 1. The number of nitrogens with zero attached hydrogens (tertiary/aromatic N) is 2. The third-order valence-corrected chi connectivity index (χ3v) is 6.16. The van der Waals surface area contributed by atoms with Gasteiger partial charge in [-0.3, -0.25) is 9.69 Å². The van der Waals surface area contributed by atoms with Crippen LogP contribution in [-0.2, 0) is 24.2 Å².